The number of hydrogen-bond acceptors (Lipinski definition) is 4. The summed E-state index contributed by atoms with van der Waals surface area (Å²) in [6.07, 6.45) is 4.76. The van der Waals surface area contributed by atoms with Crippen molar-refractivity contribution >= 4 is 33.1 Å². The van der Waals surface area contributed by atoms with Crippen LogP contribution in [0.1, 0.15) is 50.2 Å². The van der Waals surface area contributed by atoms with E-state index in [1.54, 1.807) is 12.1 Å². The van der Waals surface area contributed by atoms with Crippen LogP contribution in [0.4, 0.5) is 11.4 Å². The Bertz CT molecular complexity index is 1100. The predicted octanol–water partition coefficient (Wildman–Crippen LogP) is 4.49. The van der Waals surface area contributed by atoms with Crippen molar-refractivity contribution in [3.63, 3.8) is 0 Å². The monoisotopic (exact) mass is 425 g/mol. The largest absolute Gasteiger partial charge is 0.326 e. The molecule has 2 aromatic rings. The van der Waals surface area contributed by atoms with Crippen LogP contribution in [0.5, 0.6) is 0 Å². The number of sulfonamides is 1. The molecule has 7 heteroatoms. The Kier molecular flexibility index (Phi) is 5.64. The van der Waals surface area contributed by atoms with Crippen LogP contribution in [0.2, 0.25) is 0 Å². The molecule has 0 unspecified atom stereocenters. The molecule has 1 aliphatic heterocycles. The Labute approximate surface area is 178 Å². The highest BCUT2D eigenvalue weighted by Crippen LogP contribution is 2.36. The van der Waals surface area contributed by atoms with Gasteiger partial charge in [0.25, 0.3) is 10.0 Å². The first-order valence-corrected chi connectivity index (χ1v) is 12.0. The minimum atomic E-state index is -3.89. The average Bonchev–Trinajstić information content (AvgIpc) is 3.25. The minimum absolute atomic E-state index is 0.0140. The molecule has 1 aliphatic carbocycles. The van der Waals surface area contributed by atoms with Crippen LogP contribution in [0, 0.1) is 12.8 Å². The maximum absolute atomic E-state index is 13.1. The summed E-state index contributed by atoms with van der Waals surface area (Å²) in [6, 6.07) is 12.8. The van der Waals surface area contributed by atoms with Crippen molar-refractivity contribution in [2.24, 2.45) is 10.3 Å². The Hall–Kier alpha value is -2.67. The van der Waals surface area contributed by atoms with E-state index in [1.807, 2.05) is 43.0 Å². The molecule has 1 saturated carbocycles. The van der Waals surface area contributed by atoms with Gasteiger partial charge in [0.1, 0.15) is 4.90 Å². The number of benzene rings is 2. The van der Waals surface area contributed by atoms with Gasteiger partial charge >= 0.3 is 0 Å². The first-order chi connectivity index (χ1) is 14.4. The van der Waals surface area contributed by atoms with Gasteiger partial charge in [0.2, 0.25) is 5.91 Å². The van der Waals surface area contributed by atoms with E-state index in [1.165, 1.54) is 6.07 Å². The summed E-state index contributed by atoms with van der Waals surface area (Å²) in [5.74, 6) is 0.422. The third-order valence-electron chi connectivity index (χ3n) is 5.71. The number of amides is 1. The van der Waals surface area contributed by atoms with E-state index in [0.29, 0.717) is 23.8 Å². The van der Waals surface area contributed by atoms with Crippen LogP contribution >= 0.6 is 0 Å². The lowest BCUT2D eigenvalue weighted by molar-refractivity contribution is -0.119. The van der Waals surface area contributed by atoms with Gasteiger partial charge in [-0.05, 0) is 50.5 Å². The van der Waals surface area contributed by atoms with E-state index in [0.717, 1.165) is 43.2 Å². The summed E-state index contributed by atoms with van der Waals surface area (Å²) in [7, 11) is -3.89. The first-order valence-electron chi connectivity index (χ1n) is 10.5. The zero-order chi connectivity index (χ0) is 21.3. The van der Waals surface area contributed by atoms with Crippen molar-refractivity contribution in [1.82, 2.24) is 0 Å². The smallest absolute Gasteiger partial charge is 0.286 e. The summed E-state index contributed by atoms with van der Waals surface area (Å²) in [4.78, 5) is 14.6. The van der Waals surface area contributed by atoms with E-state index >= 15 is 0 Å². The van der Waals surface area contributed by atoms with Crippen molar-refractivity contribution in [2.75, 3.05) is 16.8 Å². The fourth-order valence-corrected chi connectivity index (χ4v) is 5.47. The maximum Gasteiger partial charge on any atom is 0.286 e. The van der Waals surface area contributed by atoms with Crippen LogP contribution in [-0.4, -0.2) is 26.7 Å². The summed E-state index contributed by atoms with van der Waals surface area (Å²) in [6.45, 7) is 4.66. The molecule has 1 heterocycles. The summed E-state index contributed by atoms with van der Waals surface area (Å²) >= 11 is 0. The molecule has 2 aliphatic rings. The number of aryl methyl sites for hydroxylation is 1. The molecule has 1 fully saturated rings. The molecule has 0 bridgehead atoms. The number of fused-ring (bicyclic) bond motifs is 1. The van der Waals surface area contributed by atoms with Gasteiger partial charge in [-0.1, -0.05) is 43.5 Å². The van der Waals surface area contributed by atoms with Gasteiger partial charge in [0, 0.05) is 23.7 Å². The van der Waals surface area contributed by atoms with Gasteiger partial charge in [0.05, 0.1) is 5.69 Å². The van der Waals surface area contributed by atoms with Crippen LogP contribution in [-0.2, 0) is 14.8 Å². The average molecular weight is 426 g/mol. The quantitative estimate of drug-likeness (QED) is 0.766. The van der Waals surface area contributed by atoms with Crippen LogP contribution in [0.25, 0.3) is 0 Å². The maximum atomic E-state index is 13.1. The second-order valence-corrected chi connectivity index (χ2v) is 9.64. The lowest BCUT2D eigenvalue weighted by atomic mass is 10.1. The molecule has 0 saturated heterocycles. The second-order valence-electron chi connectivity index (χ2n) is 8.06. The minimum Gasteiger partial charge on any atom is -0.326 e. The molecule has 2 aromatic carbocycles. The molecule has 30 heavy (non-hydrogen) atoms. The number of anilines is 2. The number of nitrogens with one attached hydrogen (secondary N) is 1. The van der Waals surface area contributed by atoms with E-state index in [-0.39, 0.29) is 16.7 Å². The Morgan fingerprint density at radius 1 is 1.17 bits per heavy atom. The van der Waals surface area contributed by atoms with Crippen LogP contribution in [0.3, 0.4) is 0 Å². The van der Waals surface area contributed by atoms with Crippen LogP contribution in [0.15, 0.2) is 51.8 Å². The number of amidine groups is 1. The highest BCUT2D eigenvalue weighted by atomic mass is 32.2. The first kappa shape index (κ1) is 20.6. The van der Waals surface area contributed by atoms with Crippen molar-refractivity contribution < 1.29 is 13.2 Å². The van der Waals surface area contributed by atoms with Gasteiger partial charge in [-0.25, -0.2) is 0 Å². The fourth-order valence-electron chi connectivity index (χ4n) is 4.22. The van der Waals surface area contributed by atoms with Crippen molar-refractivity contribution in [2.45, 2.75) is 50.8 Å². The molecule has 4 rings (SSSR count). The number of nitrogens with zero attached hydrogens (tertiary/aromatic N) is 2. The number of hydrogen-bond donors (Lipinski definition) is 1. The van der Waals surface area contributed by atoms with Gasteiger partial charge in [-0.15, -0.1) is 4.40 Å². The predicted molar refractivity (Wildman–Crippen MR) is 120 cm³/mol. The molecule has 1 amide bonds. The van der Waals surface area contributed by atoms with Gasteiger partial charge in [0.15, 0.2) is 5.84 Å². The second kappa shape index (κ2) is 8.22. The van der Waals surface area contributed by atoms with Crippen molar-refractivity contribution in [3.8, 4) is 0 Å². The molecule has 6 nitrogen and oxygen atoms in total. The fraction of sp³-hybridized carbons (Fsp3) is 0.391. The Morgan fingerprint density at radius 3 is 2.63 bits per heavy atom. The van der Waals surface area contributed by atoms with E-state index in [2.05, 4.69) is 9.71 Å². The molecule has 0 aromatic heterocycles. The molecule has 1 N–H and O–H groups in total. The van der Waals surface area contributed by atoms with Crippen molar-refractivity contribution in [1.29, 1.82) is 0 Å². The molecule has 0 spiro atoms. The SMILES string of the molecule is CCCN1C(c2cccc(C)c2)=NS(=O)(=O)c2cc(NC(=O)C3CCCC3)ccc21. The molecular formula is C23H27N3O3S. The third-order valence-corrected chi connectivity index (χ3v) is 7.00. The van der Waals surface area contributed by atoms with Crippen LogP contribution < -0.4 is 10.2 Å². The Morgan fingerprint density at radius 2 is 1.93 bits per heavy atom. The molecule has 0 atom stereocenters. The Balaban J connectivity index is 1.72. The zero-order valence-corrected chi connectivity index (χ0v) is 18.2. The summed E-state index contributed by atoms with van der Waals surface area (Å²) in [5, 5.41) is 2.90. The highest BCUT2D eigenvalue weighted by Gasteiger charge is 2.32. The van der Waals surface area contributed by atoms with E-state index in [9.17, 15) is 13.2 Å². The number of rotatable bonds is 5. The zero-order valence-electron chi connectivity index (χ0n) is 17.4. The molecular weight excluding hydrogens is 398 g/mol. The lowest BCUT2D eigenvalue weighted by Gasteiger charge is -2.31. The van der Waals surface area contributed by atoms with E-state index in [4.69, 9.17) is 0 Å². The molecule has 0 radical (unpaired) electrons. The summed E-state index contributed by atoms with van der Waals surface area (Å²) in [5.41, 5.74) is 2.92. The highest BCUT2D eigenvalue weighted by molar-refractivity contribution is 7.90. The normalized spacial score (nSPS) is 18.1. The number of carbonyl (C=O) groups is 1. The third kappa shape index (κ3) is 3.99. The number of carbonyl (C=O) groups excluding carboxylic acids is 1. The van der Waals surface area contributed by atoms with Crippen molar-refractivity contribution in [3.05, 3.63) is 53.6 Å². The molecule has 158 valence electrons. The standard InChI is InChI=1S/C23H27N3O3S/c1-3-13-26-20-12-11-19(24-23(27)17-8-4-5-9-17)15-21(20)30(28,29)25-22(26)18-10-6-7-16(2)14-18/h6-7,10-12,14-15,17H,3-5,8-9,13H2,1-2H3,(H,24,27). The van der Waals surface area contributed by atoms with Gasteiger partial charge in [-0.3, -0.25) is 4.79 Å². The summed E-state index contributed by atoms with van der Waals surface area (Å²) < 4.78 is 30.3. The topological polar surface area (TPSA) is 78.8 Å². The van der Waals surface area contributed by atoms with E-state index < -0.39 is 10.0 Å². The van der Waals surface area contributed by atoms with Gasteiger partial charge in [-0.2, -0.15) is 8.42 Å². The van der Waals surface area contributed by atoms with Gasteiger partial charge < -0.3 is 10.2 Å². The lowest BCUT2D eigenvalue weighted by Crippen LogP contribution is -2.37.